The van der Waals surface area contributed by atoms with Crippen molar-refractivity contribution in [2.45, 2.75) is 12.8 Å². The molecule has 0 fully saturated rings. The first-order valence-corrected chi connectivity index (χ1v) is 5.06. The zero-order valence-corrected chi connectivity index (χ0v) is 9.18. The minimum atomic E-state index is -0.625. The van der Waals surface area contributed by atoms with Gasteiger partial charge in [-0.25, -0.2) is 4.79 Å². The SMILES string of the molecule is C=C(C(=O)OCC)C(C=O)c1ccccc1. The van der Waals surface area contributed by atoms with Gasteiger partial charge in [0.1, 0.15) is 6.29 Å². The molecule has 0 bridgehead atoms. The largest absolute Gasteiger partial charge is 0.463 e. The fraction of sp³-hybridized carbons (Fsp3) is 0.231. The molecule has 1 rings (SSSR count). The minimum Gasteiger partial charge on any atom is -0.463 e. The smallest absolute Gasteiger partial charge is 0.334 e. The van der Waals surface area contributed by atoms with E-state index in [0.29, 0.717) is 6.29 Å². The van der Waals surface area contributed by atoms with Gasteiger partial charge >= 0.3 is 5.97 Å². The highest BCUT2D eigenvalue weighted by atomic mass is 16.5. The lowest BCUT2D eigenvalue weighted by Crippen LogP contribution is -2.14. The van der Waals surface area contributed by atoms with Crippen molar-refractivity contribution in [1.82, 2.24) is 0 Å². The summed E-state index contributed by atoms with van der Waals surface area (Å²) >= 11 is 0. The Balaban J connectivity index is 2.87. The minimum absolute atomic E-state index is 0.169. The van der Waals surface area contributed by atoms with Crippen molar-refractivity contribution in [2.75, 3.05) is 6.61 Å². The second-order valence-electron chi connectivity index (χ2n) is 3.27. The van der Waals surface area contributed by atoms with Gasteiger partial charge in [-0.05, 0) is 12.5 Å². The van der Waals surface area contributed by atoms with Crippen LogP contribution in [0.4, 0.5) is 0 Å². The Hall–Kier alpha value is -1.90. The zero-order chi connectivity index (χ0) is 12.0. The number of carbonyl (C=O) groups is 2. The molecule has 3 nitrogen and oxygen atoms in total. The normalized spacial score (nSPS) is 11.6. The number of rotatable bonds is 5. The third kappa shape index (κ3) is 2.79. The Bertz CT molecular complexity index is 381. The molecule has 3 heteroatoms. The third-order valence-electron chi connectivity index (χ3n) is 2.21. The van der Waals surface area contributed by atoms with Crippen molar-refractivity contribution >= 4 is 12.3 Å². The molecule has 0 radical (unpaired) electrons. The summed E-state index contributed by atoms with van der Waals surface area (Å²) < 4.78 is 4.81. The van der Waals surface area contributed by atoms with Gasteiger partial charge in [0.15, 0.2) is 0 Å². The summed E-state index contributed by atoms with van der Waals surface area (Å²) in [6.07, 6.45) is 0.703. The molecule has 0 aliphatic rings. The Morgan fingerprint density at radius 1 is 1.44 bits per heavy atom. The van der Waals surface area contributed by atoms with Crippen molar-refractivity contribution < 1.29 is 14.3 Å². The lowest BCUT2D eigenvalue weighted by molar-refractivity contribution is -0.139. The number of benzene rings is 1. The predicted octanol–water partition coefficient (Wildman–Crippen LogP) is 2.09. The van der Waals surface area contributed by atoms with Crippen LogP contribution in [0.3, 0.4) is 0 Å². The van der Waals surface area contributed by atoms with Gasteiger partial charge in [0, 0.05) is 5.57 Å². The van der Waals surface area contributed by atoms with Crippen molar-refractivity contribution in [3.8, 4) is 0 Å². The van der Waals surface area contributed by atoms with Crippen LogP contribution >= 0.6 is 0 Å². The number of ether oxygens (including phenoxy) is 1. The lowest BCUT2D eigenvalue weighted by atomic mass is 9.93. The van der Waals surface area contributed by atoms with Crippen LogP contribution in [0.2, 0.25) is 0 Å². The Morgan fingerprint density at radius 3 is 2.56 bits per heavy atom. The predicted molar refractivity (Wildman–Crippen MR) is 61.0 cm³/mol. The maximum atomic E-state index is 11.4. The number of hydrogen-bond acceptors (Lipinski definition) is 3. The number of hydrogen-bond donors (Lipinski definition) is 0. The Kier molecular flexibility index (Phi) is 4.45. The first-order chi connectivity index (χ1) is 7.70. The highest BCUT2D eigenvalue weighted by Gasteiger charge is 2.20. The van der Waals surface area contributed by atoms with Gasteiger partial charge in [0.05, 0.1) is 12.5 Å². The standard InChI is InChI=1S/C13H14O3/c1-3-16-13(15)10(2)12(9-14)11-7-5-4-6-8-11/h4-9,12H,2-3H2,1H3. The van der Waals surface area contributed by atoms with Gasteiger partial charge in [-0.3, -0.25) is 0 Å². The van der Waals surface area contributed by atoms with E-state index in [2.05, 4.69) is 6.58 Å². The van der Waals surface area contributed by atoms with Crippen LogP contribution in [-0.2, 0) is 14.3 Å². The van der Waals surface area contributed by atoms with Gasteiger partial charge < -0.3 is 9.53 Å². The quantitative estimate of drug-likeness (QED) is 0.432. The van der Waals surface area contributed by atoms with Gasteiger partial charge in [0.2, 0.25) is 0 Å². The zero-order valence-electron chi connectivity index (χ0n) is 9.18. The second-order valence-corrected chi connectivity index (χ2v) is 3.27. The molecule has 84 valence electrons. The lowest BCUT2D eigenvalue weighted by Gasteiger charge is -2.12. The molecule has 0 saturated carbocycles. The fourth-order valence-electron chi connectivity index (χ4n) is 1.37. The Labute approximate surface area is 94.7 Å². The summed E-state index contributed by atoms with van der Waals surface area (Å²) in [4.78, 5) is 22.4. The van der Waals surface area contributed by atoms with Crippen molar-refractivity contribution in [3.05, 3.63) is 48.0 Å². The first kappa shape index (κ1) is 12.2. The van der Waals surface area contributed by atoms with Crippen LogP contribution < -0.4 is 0 Å². The number of esters is 1. The number of carbonyl (C=O) groups excluding carboxylic acids is 2. The summed E-state index contributed by atoms with van der Waals surface area (Å²) in [6.45, 7) is 5.60. The molecule has 0 aromatic heterocycles. The summed E-state index contributed by atoms with van der Waals surface area (Å²) in [5, 5.41) is 0. The van der Waals surface area contributed by atoms with Crippen LogP contribution in [-0.4, -0.2) is 18.9 Å². The molecule has 1 aromatic rings. The molecule has 0 heterocycles. The molecule has 0 aliphatic carbocycles. The molecular weight excluding hydrogens is 204 g/mol. The van der Waals surface area contributed by atoms with E-state index in [1.807, 2.05) is 18.2 Å². The summed E-state index contributed by atoms with van der Waals surface area (Å²) in [6, 6.07) is 9.03. The van der Waals surface area contributed by atoms with E-state index in [1.54, 1.807) is 19.1 Å². The van der Waals surface area contributed by atoms with E-state index < -0.39 is 11.9 Å². The van der Waals surface area contributed by atoms with E-state index in [4.69, 9.17) is 4.74 Å². The van der Waals surface area contributed by atoms with Crippen LogP contribution in [0.15, 0.2) is 42.5 Å². The van der Waals surface area contributed by atoms with E-state index in [-0.39, 0.29) is 12.2 Å². The van der Waals surface area contributed by atoms with Gasteiger partial charge in [-0.2, -0.15) is 0 Å². The second kappa shape index (κ2) is 5.85. The average molecular weight is 218 g/mol. The molecular formula is C13H14O3. The van der Waals surface area contributed by atoms with E-state index in [9.17, 15) is 9.59 Å². The first-order valence-electron chi connectivity index (χ1n) is 5.06. The highest BCUT2D eigenvalue weighted by Crippen LogP contribution is 2.21. The molecule has 0 spiro atoms. The van der Waals surface area contributed by atoms with Gasteiger partial charge in [-0.1, -0.05) is 36.9 Å². The molecule has 16 heavy (non-hydrogen) atoms. The number of aldehydes is 1. The fourth-order valence-corrected chi connectivity index (χ4v) is 1.37. The van der Waals surface area contributed by atoms with Crippen LogP contribution in [0, 0.1) is 0 Å². The molecule has 0 amide bonds. The molecule has 0 aliphatic heterocycles. The van der Waals surface area contributed by atoms with Crippen LogP contribution in [0.5, 0.6) is 0 Å². The van der Waals surface area contributed by atoms with E-state index in [1.165, 1.54) is 0 Å². The van der Waals surface area contributed by atoms with E-state index in [0.717, 1.165) is 5.56 Å². The summed E-state index contributed by atoms with van der Waals surface area (Å²) in [5.41, 5.74) is 0.915. The van der Waals surface area contributed by atoms with Crippen molar-refractivity contribution in [2.24, 2.45) is 0 Å². The molecule has 1 unspecified atom stereocenters. The van der Waals surface area contributed by atoms with E-state index >= 15 is 0 Å². The maximum Gasteiger partial charge on any atom is 0.334 e. The molecule has 1 aromatic carbocycles. The Morgan fingerprint density at radius 2 is 2.06 bits per heavy atom. The topological polar surface area (TPSA) is 43.4 Å². The highest BCUT2D eigenvalue weighted by molar-refractivity contribution is 5.94. The van der Waals surface area contributed by atoms with Crippen molar-refractivity contribution in [3.63, 3.8) is 0 Å². The summed E-state index contributed by atoms with van der Waals surface area (Å²) in [7, 11) is 0. The van der Waals surface area contributed by atoms with Crippen LogP contribution in [0.1, 0.15) is 18.4 Å². The molecule has 0 saturated heterocycles. The monoisotopic (exact) mass is 218 g/mol. The molecule has 1 atom stereocenters. The van der Waals surface area contributed by atoms with Gasteiger partial charge in [0.25, 0.3) is 0 Å². The maximum absolute atomic E-state index is 11.4. The van der Waals surface area contributed by atoms with Gasteiger partial charge in [-0.15, -0.1) is 0 Å². The van der Waals surface area contributed by atoms with Crippen LogP contribution in [0.25, 0.3) is 0 Å². The van der Waals surface area contributed by atoms with Crippen molar-refractivity contribution in [1.29, 1.82) is 0 Å². The summed E-state index contributed by atoms with van der Waals surface area (Å²) in [5.74, 6) is -1.15. The third-order valence-corrected chi connectivity index (χ3v) is 2.21. The average Bonchev–Trinajstić information content (AvgIpc) is 2.31. The molecule has 0 N–H and O–H groups in total.